The maximum absolute atomic E-state index is 11.5. The first kappa shape index (κ1) is 35.2. The summed E-state index contributed by atoms with van der Waals surface area (Å²) >= 11 is 0. The molecular weight excluding hydrogens is 532 g/mol. The minimum Gasteiger partial charge on any atom is -0.395 e. The molecular formula is C36H54N6O. The molecule has 2 aromatic rings. The highest BCUT2D eigenvalue weighted by Crippen LogP contribution is 2.47. The third-order valence-corrected chi connectivity index (χ3v) is 7.56. The third-order valence-electron chi connectivity index (χ3n) is 7.56. The molecule has 7 heteroatoms. The van der Waals surface area contributed by atoms with E-state index in [1.54, 1.807) is 12.3 Å². The first-order valence-corrected chi connectivity index (χ1v) is 15.9. The van der Waals surface area contributed by atoms with Gasteiger partial charge in [-0.05, 0) is 62.1 Å². The molecule has 0 bridgehead atoms. The Balaban J connectivity index is 0.000000336. The molecule has 234 valence electrons. The van der Waals surface area contributed by atoms with Crippen LogP contribution in [0.2, 0.25) is 0 Å². The topological polar surface area (TPSA) is 113 Å². The van der Waals surface area contributed by atoms with Gasteiger partial charge in [0.05, 0.1) is 11.4 Å². The number of nitrogens with one attached hydrogen (secondary N) is 2. The van der Waals surface area contributed by atoms with Crippen LogP contribution >= 0.6 is 0 Å². The van der Waals surface area contributed by atoms with Crippen molar-refractivity contribution in [1.29, 1.82) is 0 Å². The molecule has 1 aromatic carbocycles. The molecule has 1 amide bonds. The zero-order chi connectivity index (χ0) is 31.8. The van der Waals surface area contributed by atoms with Crippen molar-refractivity contribution in [1.82, 2.24) is 15.2 Å². The highest BCUT2D eigenvalue weighted by molar-refractivity contribution is 6.03. The van der Waals surface area contributed by atoms with E-state index in [9.17, 15) is 4.79 Å². The highest BCUT2D eigenvalue weighted by atomic mass is 16.2. The van der Waals surface area contributed by atoms with E-state index >= 15 is 0 Å². The van der Waals surface area contributed by atoms with Crippen molar-refractivity contribution < 1.29 is 4.79 Å². The predicted octanol–water partition coefficient (Wildman–Crippen LogP) is 7.46. The van der Waals surface area contributed by atoms with Crippen LogP contribution < -0.4 is 16.8 Å². The number of carbonyl (C=O) groups excluding carboxylic acids is 1. The molecule has 1 saturated carbocycles. The molecule has 1 aromatic heterocycles. The summed E-state index contributed by atoms with van der Waals surface area (Å²) in [6, 6.07) is 12.3. The molecule has 1 unspecified atom stereocenters. The number of H-pyrrole nitrogens is 1. The predicted molar refractivity (Wildman–Crippen MR) is 184 cm³/mol. The highest BCUT2D eigenvalue weighted by Gasteiger charge is 2.43. The van der Waals surface area contributed by atoms with Gasteiger partial charge in [0.1, 0.15) is 11.5 Å². The normalized spacial score (nSPS) is 18.3. The molecule has 2 heterocycles. The number of aryl methyl sites for hydroxylation is 1. The van der Waals surface area contributed by atoms with Gasteiger partial charge in [0, 0.05) is 37.1 Å². The van der Waals surface area contributed by atoms with Crippen molar-refractivity contribution in [3.63, 3.8) is 0 Å². The number of aromatic nitrogens is 1. The summed E-state index contributed by atoms with van der Waals surface area (Å²) in [6.45, 7) is 17.8. The van der Waals surface area contributed by atoms with Crippen LogP contribution in [0.4, 0.5) is 0 Å². The van der Waals surface area contributed by atoms with Gasteiger partial charge < -0.3 is 26.7 Å². The first-order valence-electron chi connectivity index (χ1n) is 15.9. The molecule has 1 fully saturated rings. The fraction of sp³-hybridized carbons (Fsp3) is 0.444. The van der Waals surface area contributed by atoms with Crippen molar-refractivity contribution in [2.24, 2.45) is 28.3 Å². The summed E-state index contributed by atoms with van der Waals surface area (Å²) in [7, 11) is 0. The van der Waals surface area contributed by atoms with Crippen molar-refractivity contribution in [2.45, 2.75) is 79.6 Å². The quantitative estimate of drug-likeness (QED) is 0.193. The van der Waals surface area contributed by atoms with Crippen LogP contribution in [0.5, 0.6) is 0 Å². The van der Waals surface area contributed by atoms with Crippen molar-refractivity contribution in [3.8, 4) is 0 Å². The van der Waals surface area contributed by atoms with E-state index in [-0.39, 0.29) is 11.8 Å². The molecule has 43 heavy (non-hydrogen) atoms. The Morgan fingerprint density at radius 3 is 2.47 bits per heavy atom. The zero-order valence-corrected chi connectivity index (χ0v) is 27.2. The van der Waals surface area contributed by atoms with Crippen LogP contribution in [0.1, 0.15) is 95.2 Å². The molecule has 0 spiro atoms. The Morgan fingerprint density at radius 2 is 1.86 bits per heavy atom. The van der Waals surface area contributed by atoms with Crippen LogP contribution in [-0.2, 0) is 4.79 Å². The minimum absolute atomic E-state index is 0.210. The van der Waals surface area contributed by atoms with E-state index < -0.39 is 0 Å². The molecule has 2 atom stereocenters. The van der Waals surface area contributed by atoms with Gasteiger partial charge in [-0.15, -0.1) is 0 Å². The Morgan fingerprint density at radius 1 is 1.19 bits per heavy atom. The number of hydrogen-bond acceptors (Lipinski definition) is 5. The monoisotopic (exact) mass is 586 g/mol. The molecule has 0 saturated heterocycles. The number of carbonyl (C=O) groups is 1. The van der Waals surface area contributed by atoms with E-state index in [1.807, 2.05) is 70.3 Å². The van der Waals surface area contributed by atoms with E-state index in [0.717, 1.165) is 42.2 Å². The van der Waals surface area contributed by atoms with Crippen LogP contribution in [0.3, 0.4) is 0 Å². The summed E-state index contributed by atoms with van der Waals surface area (Å²) in [5, 5.41) is 2.87. The van der Waals surface area contributed by atoms with Crippen LogP contribution in [0.25, 0.3) is 11.8 Å². The molecule has 1 aliphatic heterocycles. The zero-order valence-electron chi connectivity index (χ0n) is 27.2. The number of amidine groups is 1. The largest absolute Gasteiger partial charge is 0.395 e. The Kier molecular flexibility index (Phi) is 15.2. The Bertz CT molecular complexity index is 1260. The van der Waals surface area contributed by atoms with Gasteiger partial charge >= 0.3 is 0 Å². The Hall–Kier alpha value is -4.00. The van der Waals surface area contributed by atoms with E-state index in [2.05, 4.69) is 52.8 Å². The molecule has 6 N–H and O–H groups in total. The first-order chi connectivity index (χ1) is 20.8. The molecule has 2 aliphatic rings. The standard InChI is InChI=1S/C22H33N5.C12H15NO.C2H6/c1-5-8-11-18-14-19(26-16(18)4)20(23)21-22(24)25-12-13-27(21)15-17(9-6-2)10-7-3;1-2-13-12(14)11-8-10(11)9-6-4-3-5-7-9;1-2/h5,8,11-14,17,26H,1,6-7,9-10,15,23H2,2-4H3,(H2,24,25);3-7,10-11H,2,8H2,1H3,(H,13,14);1-2H3/b11-8-,21-20-;;/t;10-,11?;/m.0./s1. The minimum atomic E-state index is 0.210. The van der Waals surface area contributed by atoms with Crippen LogP contribution in [0, 0.1) is 18.8 Å². The van der Waals surface area contributed by atoms with E-state index in [0.29, 0.717) is 23.4 Å². The van der Waals surface area contributed by atoms with Crippen LogP contribution in [0.15, 0.2) is 78.2 Å². The van der Waals surface area contributed by atoms with Crippen molar-refractivity contribution in [3.05, 3.63) is 95.7 Å². The van der Waals surface area contributed by atoms with Crippen molar-refractivity contribution >= 4 is 23.5 Å². The lowest BCUT2D eigenvalue weighted by Gasteiger charge is -2.30. The molecule has 4 rings (SSSR count). The van der Waals surface area contributed by atoms with Gasteiger partial charge in [0.2, 0.25) is 5.91 Å². The second kappa shape index (κ2) is 18.5. The van der Waals surface area contributed by atoms with Gasteiger partial charge in [-0.2, -0.15) is 0 Å². The summed E-state index contributed by atoms with van der Waals surface area (Å²) in [5.74, 6) is 1.95. The number of hydrogen-bond donors (Lipinski definition) is 4. The molecule has 0 radical (unpaired) electrons. The maximum atomic E-state index is 11.5. The number of amides is 1. The number of rotatable bonds is 12. The van der Waals surface area contributed by atoms with Gasteiger partial charge in [0.15, 0.2) is 0 Å². The lowest BCUT2D eigenvalue weighted by molar-refractivity contribution is -0.122. The van der Waals surface area contributed by atoms with Gasteiger partial charge in [-0.1, -0.05) is 95.7 Å². The summed E-state index contributed by atoms with van der Waals surface area (Å²) in [6.07, 6.45) is 15.2. The van der Waals surface area contributed by atoms with E-state index in [1.165, 1.54) is 31.2 Å². The number of aliphatic imine (C=N–C) groups is 1. The smallest absolute Gasteiger partial charge is 0.223 e. The van der Waals surface area contributed by atoms with Gasteiger partial charge in [0.25, 0.3) is 0 Å². The van der Waals surface area contributed by atoms with Crippen LogP contribution in [-0.4, -0.2) is 34.7 Å². The average Bonchev–Trinajstić information content (AvgIpc) is 3.74. The average molecular weight is 587 g/mol. The summed E-state index contributed by atoms with van der Waals surface area (Å²) in [5.41, 5.74) is 18.5. The fourth-order valence-electron chi connectivity index (χ4n) is 5.39. The second-order valence-corrected chi connectivity index (χ2v) is 10.8. The lowest BCUT2D eigenvalue weighted by atomic mass is 9.97. The fourth-order valence-corrected chi connectivity index (χ4v) is 5.39. The second-order valence-electron chi connectivity index (χ2n) is 10.8. The number of benzene rings is 1. The SMILES string of the molecule is C=C/C=C\c1cc(/C(N)=C2\C(N)=NC=CN2CC(CCC)CCC)[nH]c1C.CC.CCNC(=O)C1C[C@H]1c1ccccc1. The lowest BCUT2D eigenvalue weighted by Crippen LogP contribution is -2.35. The Labute approximate surface area is 259 Å². The number of aromatic amines is 1. The van der Waals surface area contributed by atoms with E-state index in [4.69, 9.17) is 11.5 Å². The number of allylic oxidation sites excluding steroid dienone is 2. The van der Waals surface area contributed by atoms with Crippen molar-refractivity contribution in [2.75, 3.05) is 13.1 Å². The summed E-state index contributed by atoms with van der Waals surface area (Å²) < 4.78 is 0. The number of nitrogens with two attached hydrogens (primary N) is 2. The molecule has 7 nitrogen and oxygen atoms in total. The van der Waals surface area contributed by atoms with Gasteiger partial charge in [-0.3, -0.25) is 4.79 Å². The molecule has 1 aliphatic carbocycles. The maximum Gasteiger partial charge on any atom is 0.223 e. The third kappa shape index (κ3) is 10.3. The summed E-state index contributed by atoms with van der Waals surface area (Å²) in [4.78, 5) is 21.3. The van der Waals surface area contributed by atoms with Gasteiger partial charge in [-0.25, -0.2) is 4.99 Å². The number of nitrogens with zero attached hydrogens (tertiary/aromatic N) is 2.